The summed E-state index contributed by atoms with van der Waals surface area (Å²) in [6, 6.07) is 6.33. The van der Waals surface area contributed by atoms with Crippen molar-refractivity contribution in [2.24, 2.45) is 0 Å². The SMILES string of the molecule is CNc1cc(C)nc(COc2cc([N+](=O)[O-])ccc2C)n1. The van der Waals surface area contributed by atoms with Crippen molar-refractivity contribution in [2.45, 2.75) is 20.5 Å². The molecule has 0 saturated carbocycles. The Bertz CT molecular complexity index is 673. The fourth-order valence-electron chi connectivity index (χ4n) is 1.82. The minimum atomic E-state index is -0.450. The lowest BCUT2D eigenvalue weighted by Gasteiger charge is -2.09. The smallest absolute Gasteiger partial charge is 0.273 e. The van der Waals surface area contributed by atoms with Gasteiger partial charge in [0.25, 0.3) is 5.69 Å². The Balaban J connectivity index is 2.18. The molecule has 1 aromatic heterocycles. The van der Waals surface area contributed by atoms with E-state index in [4.69, 9.17) is 4.74 Å². The summed E-state index contributed by atoms with van der Waals surface area (Å²) in [6.07, 6.45) is 0. The van der Waals surface area contributed by atoms with Gasteiger partial charge in [0.2, 0.25) is 0 Å². The highest BCUT2D eigenvalue weighted by atomic mass is 16.6. The predicted molar refractivity (Wildman–Crippen MR) is 78.5 cm³/mol. The molecule has 0 aliphatic carbocycles. The van der Waals surface area contributed by atoms with E-state index < -0.39 is 4.92 Å². The minimum Gasteiger partial charge on any atom is -0.485 e. The molecule has 0 saturated heterocycles. The van der Waals surface area contributed by atoms with Gasteiger partial charge in [-0.25, -0.2) is 9.97 Å². The highest BCUT2D eigenvalue weighted by Crippen LogP contribution is 2.24. The van der Waals surface area contributed by atoms with Gasteiger partial charge < -0.3 is 10.1 Å². The lowest BCUT2D eigenvalue weighted by atomic mass is 10.2. The fourth-order valence-corrected chi connectivity index (χ4v) is 1.82. The first-order valence-electron chi connectivity index (χ1n) is 6.39. The van der Waals surface area contributed by atoms with Gasteiger partial charge in [-0.3, -0.25) is 10.1 Å². The number of aryl methyl sites for hydroxylation is 2. The molecular weight excluding hydrogens is 272 g/mol. The second kappa shape index (κ2) is 6.17. The van der Waals surface area contributed by atoms with E-state index in [1.54, 1.807) is 13.1 Å². The summed E-state index contributed by atoms with van der Waals surface area (Å²) < 4.78 is 5.61. The van der Waals surface area contributed by atoms with Crippen molar-refractivity contribution in [1.82, 2.24) is 9.97 Å². The Hall–Kier alpha value is -2.70. The third-order valence-corrected chi connectivity index (χ3v) is 2.90. The molecule has 0 unspecified atom stereocenters. The van der Waals surface area contributed by atoms with Crippen molar-refractivity contribution >= 4 is 11.5 Å². The van der Waals surface area contributed by atoms with E-state index in [0.717, 1.165) is 11.3 Å². The van der Waals surface area contributed by atoms with E-state index in [9.17, 15) is 10.1 Å². The zero-order chi connectivity index (χ0) is 15.4. The molecule has 1 aromatic carbocycles. The molecule has 0 radical (unpaired) electrons. The van der Waals surface area contributed by atoms with Crippen molar-refractivity contribution < 1.29 is 9.66 Å². The number of nitro groups is 1. The van der Waals surface area contributed by atoms with Crippen LogP contribution in [0.5, 0.6) is 5.75 Å². The van der Waals surface area contributed by atoms with Crippen LogP contribution in [0.2, 0.25) is 0 Å². The van der Waals surface area contributed by atoms with Gasteiger partial charge in [-0.15, -0.1) is 0 Å². The molecule has 2 aromatic rings. The molecule has 21 heavy (non-hydrogen) atoms. The zero-order valence-corrected chi connectivity index (χ0v) is 12.1. The second-order valence-electron chi connectivity index (χ2n) is 4.56. The molecule has 0 atom stereocenters. The Kier molecular flexibility index (Phi) is 4.32. The number of benzene rings is 1. The molecule has 0 spiro atoms. The number of nitrogens with zero attached hydrogens (tertiary/aromatic N) is 3. The number of nitrogens with one attached hydrogen (secondary N) is 1. The first-order chi connectivity index (χ1) is 9.99. The summed E-state index contributed by atoms with van der Waals surface area (Å²) in [4.78, 5) is 18.9. The van der Waals surface area contributed by atoms with Gasteiger partial charge >= 0.3 is 0 Å². The molecule has 0 fully saturated rings. The van der Waals surface area contributed by atoms with Crippen molar-refractivity contribution in [3.8, 4) is 5.75 Å². The van der Waals surface area contributed by atoms with Crippen LogP contribution in [0.3, 0.4) is 0 Å². The number of ether oxygens (including phenoxy) is 1. The summed E-state index contributed by atoms with van der Waals surface area (Å²) in [5, 5.41) is 13.7. The van der Waals surface area contributed by atoms with Gasteiger partial charge in [-0.05, 0) is 25.5 Å². The summed E-state index contributed by atoms with van der Waals surface area (Å²) in [5.74, 6) is 1.68. The summed E-state index contributed by atoms with van der Waals surface area (Å²) >= 11 is 0. The maximum Gasteiger partial charge on any atom is 0.273 e. The van der Waals surface area contributed by atoms with E-state index in [1.807, 2.05) is 19.9 Å². The van der Waals surface area contributed by atoms with Crippen LogP contribution >= 0.6 is 0 Å². The van der Waals surface area contributed by atoms with Crippen LogP contribution in [0.15, 0.2) is 24.3 Å². The van der Waals surface area contributed by atoms with E-state index in [2.05, 4.69) is 15.3 Å². The monoisotopic (exact) mass is 288 g/mol. The molecule has 0 amide bonds. The largest absolute Gasteiger partial charge is 0.485 e. The van der Waals surface area contributed by atoms with Crippen LogP contribution < -0.4 is 10.1 Å². The van der Waals surface area contributed by atoms with Crippen LogP contribution in [0.25, 0.3) is 0 Å². The van der Waals surface area contributed by atoms with Crippen molar-refractivity contribution in [2.75, 3.05) is 12.4 Å². The highest BCUT2D eigenvalue weighted by molar-refractivity contribution is 5.43. The number of rotatable bonds is 5. The minimum absolute atomic E-state index is 0.00308. The number of aromatic nitrogens is 2. The lowest BCUT2D eigenvalue weighted by molar-refractivity contribution is -0.385. The van der Waals surface area contributed by atoms with E-state index in [0.29, 0.717) is 17.4 Å². The predicted octanol–water partition coefficient (Wildman–Crippen LogP) is 2.62. The Morgan fingerprint density at radius 3 is 2.71 bits per heavy atom. The average molecular weight is 288 g/mol. The number of nitro benzene ring substituents is 1. The molecule has 0 aliphatic heterocycles. The third-order valence-electron chi connectivity index (χ3n) is 2.90. The van der Waals surface area contributed by atoms with Crippen LogP contribution in [0.1, 0.15) is 17.1 Å². The van der Waals surface area contributed by atoms with E-state index in [-0.39, 0.29) is 12.3 Å². The number of non-ortho nitro benzene ring substituents is 1. The zero-order valence-electron chi connectivity index (χ0n) is 12.1. The van der Waals surface area contributed by atoms with Crippen LogP contribution in [0, 0.1) is 24.0 Å². The molecule has 1 N–H and O–H groups in total. The van der Waals surface area contributed by atoms with Crippen molar-refractivity contribution in [3.05, 3.63) is 51.5 Å². The maximum atomic E-state index is 10.8. The Labute approximate surface area is 122 Å². The summed E-state index contributed by atoms with van der Waals surface area (Å²) in [6.45, 7) is 3.85. The van der Waals surface area contributed by atoms with Gasteiger partial charge in [0.05, 0.1) is 11.0 Å². The first-order valence-corrected chi connectivity index (χ1v) is 6.39. The first kappa shape index (κ1) is 14.7. The van der Waals surface area contributed by atoms with E-state index in [1.165, 1.54) is 12.1 Å². The van der Waals surface area contributed by atoms with Crippen LogP contribution in [-0.4, -0.2) is 21.9 Å². The van der Waals surface area contributed by atoms with Crippen LogP contribution in [-0.2, 0) is 6.61 Å². The van der Waals surface area contributed by atoms with Gasteiger partial charge in [-0.2, -0.15) is 0 Å². The van der Waals surface area contributed by atoms with Crippen molar-refractivity contribution in [1.29, 1.82) is 0 Å². The van der Waals surface area contributed by atoms with Gasteiger partial charge in [0.1, 0.15) is 18.2 Å². The molecule has 7 nitrogen and oxygen atoms in total. The number of anilines is 1. The normalized spacial score (nSPS) is 10.2. The third kappa shape index (κ3) is 3.65. The van der Waals surface area contributed by atoms with E-state index >= 15 is 0 Å². The molecule has 1 heterocycles. The molecule has 2 rings (SSSR count). The van der Waals surface area contributed by atoms with Gasteiger partial charge in [0, 0.05) is 24.9 Å². The maximum absolute atomic E-state index is 10.8. The fraction of sp³-hybridized carbons (Fsp3) is 0.286. The highest BCUT2D eigenvalue weighted by Gasteiger charge is 2.10. The summed E-state index contributed by atoms with van der Waals surface area (Å²) in [5.41, 5.74) is 1.64. The molecule has 7 heteroatoms. The van der Waals surface area contributed by atoms with Gasteiger partial charge in [0.15, 0.2) is 5.82 Å². The second-order valence-corrected chi connectivity index (χ2v) is 4.56. The quantitative estimate of drug-likeness (QED) is 0.672. The van der Waals surface area contributed by atoms with Gasteiger partial charge in [-0.1, -0.05) is 0 Å². The van der Waals surface area contributed by atoms with Crippen molar-refractivity contribution in [3.63, 3.8) is 0 Å². The molecule has 110 valence electrons. The molecular formula is C14H16N4O3. The number of hydrogen-bond donors (Lipinski definition) is 1. The average Bonchev–Trinajstić information content (AvgIpc) is 2.45. The molecule has 0 bridgehead atoms. The lowest BCUT2D eigenvalue weighted by Crippen LogP contribution is -2.06. The molecule has 0 aliphatic rings. The Morgan fingerprint density at radius 1 is 1.29 bits per heavy atom. The number of hydrogen-bond acceptors (Lipinski definition) is 6. The summed E-state index contributed by atoms with van der Waals surface area (Å²) in [7, 11) is 1.77. The topological polar surface area (TPSA) is 90.2 Å². The van der Waals surface area contributed by atoms with Crippen LogP contribution in [0.4, 0.5) is 11.5 Å². The Morgan fingerprint density at radius 2 is 2.05 bits per heavy atom. The standard InChI is InChI=1S/C14H16N4O3/c1-9-4-5-11(18(19)20)7-12(9)21-8-14-16-10(2)6-13(15-3)17-14/h4-7H,8H2,1-3H3,(H,15,16,17).